The molecule has 0 aliphatic heterocycles. The molecule has 0 amide bonds. The minimum atomic E-state index is -0.130. The molecule has 4 heteroatoms. The molecule has 0 aliphatic carbocycles. The number of furan rings is 1. The molecule has 0 fully saturated rings. The zero-order valence-corrected chi connectivity index (χ0v) is 7.80. The van der Waals surface area contributed by atoms with E-state index in [4.69, 9.17) is 4.42 Å². The zero-order chi connectivity index (χ0) is 9.97. The molecular weight excluding hydrogens is 180 g/mol. The number of hydrogen-bond acceptors (Lipinski definition) is 3. The van der Waals surface area contributed by atoms with E-state index in [1.165, 1.54) is 6.26 Å². The molecule has 0 saturated heterocycles. The van der Waals surface area contributed by atoms with Gasteiger partial charge in [0.1, 0.15) is 5.69 Å². The lowest BCUT2D eigenvalue weighted by molar-refractivity contribution is 0.0999. The number of hydrogen-bond donors (Lipinski definition) is 0. The molecule has 0 N–H and O–H groups in total. The Kier molecular flexibility index (Phi) is 2.18. The number of ketones is 1. The largest absolute Gasteiger partial charge is 0.461 e. The first-order valence-corrected chi connectivity index (χ1v) is 4.43. The summed E-state index contributed by atoms with van der Waals surface area (Å²) in [5.41, 5.74) is 0.558. The Labute approximate surface area is 81.1 Å². The standard InChI is InChI=1S/C10H10N2O2/c1-2-12-8(5-6-11-12)10(13)9-4-3-7-14-9/h3-7H,2H2,1H3. The Bertz CT molecular complexity index is 429. The summed E-state index contributed by atoms with van der Waals surface area (Å²) in [7, 11) is 0. The van der Waals surface area contributed by atoms with Gasteiger partial charge in [0.2, 0.25) is 5.78 Å². The van der Waals surface area contributed by atoms with Gasteiger partial charge in [-0.2, -0.15) is 5.10 Å². The molecule has 0 bridgehead atoms. The van der Waals surface area contributed by atoms with Crippen LogP contribution in [0.15, 0.2) is 35.1 Å². The zero-order valence-electron chi connectivity index (χ0n) is 7.80. The molecule has 0 aromatic carbocycles. The summed E-state index contributed by atoms with van der Waals surface area (Å²) in [5.74, 6) is 0.217. The van der Waals surface area contributed by atoms with Crippen LogP contribution in [-0.4, -0.2) is 15.6 Å². The van der Waals surface area contributed by atoms with Gasteiger partial charge in [-0.15, -0.1) is 0 Å². The predicted molar refractivity (Wildman–Crippen MR) is 50.0 cm³/mol. The van der Waals surface area contributed by atoms with Crippen LogP contribution >= 0.6 is 0 Å². The van der Waals surface area contributed by atoms with E-state index in [0.29, 0.717) is 18.0 Å². The minimum absolute atomic E-state index is 0.130. The van der Waals surface area contributed by atoms with E-state index in [1.807, 2.05) is 6.92 Å². The average Bonchev–Trinajstić information content (AvgIpc) is 2.87. The van der Waals surface area contributed by atoms with E-state index < -0.39 is 0 Å². The van der Waals surface area contributed by atoms with Gasteiger partial charge in [-0.05, 0) is 25.1 Å². The number of aromatic nitrogens is 2. The molecular formula is C10H10N2O2. The summed E-state index contributed by atoms with van der Waals surface area (Å²) in [4.78, 5) is 11.8. The summed E-state index contributed by atoms with van der Waals surface area (Å²) in [5, 5.41) is 4.02. The smallest absolute Gasteiger partial charge is 0.246 e. The third-order valence-electron chi connectivity index (χ3n) is 1.99. The minimum Gasteiger partial charge on any atom is -0.461 e. The molecule has 0 saturated carbocycles. The quantitative estimate of drug-likeness (QED) is 0.692. The molecule has 2 heterocycles. The van der Waals surface area contributed by atoms with Crippen LogP contribution < -0.4 is 0 Å². The van der Waals surface area contributed by atoms with Crippen molar-refractivity contribution in [3.63, 3.8) is 0 Å². The molecule has 2 aromatic rings. The maximum absolute atomic E-state index is 11.8. The van der Waals surface area contributed by atoms with Gasteiger partial charge >= 0.3 is 0 Å². The van der Waals surface area contributed by atoms with Gasteiger partial charge in [-0.3, -0.25) is 9.48 Å². The highest BCUT2D eigenvalue weighted by molar-refractivity contribution is 6.05. The molecule has 72 valence electrons. The van der Waals surface area contributed by atoms with E-state index in [1.54, 1.807) is 29.1 Å². The van der Waals surface area contributed by atoms with Crippen molar-refractivity contribution in [3.8, 4) is 0 Å². The van der Waals surface area contributed by atoms with E-state index in [9.17, 15) is 4.79 Å². The second-order valence-corrected chi connectivity index (χ2v) is 2.84. The fourth-order valence-electron chi connectivity index (χ4n) is 1.31. The van der Waals surface area contributed by atoms with Gasteiger partial charge in [0.15, 0.2) is 5.76 Å². The van der Waals surface area contributed by atoms with Crippen molar-refractivity contribution in [3.05, 3.63) is 42.1 Å². The number of rotatable bonds is 3. The maximum atomic E-state index is 11.8. The first-order valence-electron chi connectivity index (χ1n) is 4.43. The van der Waals surface area contributed by atoms with Crippen LogP contribution in [0.3, 0.4) is 0 Å². The van der Waals surface area contributed by atoms with Gasteiger partial charge in [0, 0.05) is 12.7 Å². The van der Waals surface area contributed by atoms with Gasteiger partial charge in [0.25, 0.3) is 0 Å². The second-order valence-electron chi connectivity index (χ2n) is 2.84. The summed E-state index contributed by atoms with van der Waals surface area (Å²) in [6.07, 6.45) is 3.10. The Morgan fingerprint density at radius 1 is 1.57 bits per heavy atom. The van der Waals surface area contributed by atoms with Crippen molar-refractivity contribution in [2.24, 2.45) is 0 Å². The topological polar surface area (TPSA) is 48.0 Å². The van der Waals surface area contributed by atoms with E-state index in [0.717, 1.165) is 0 Å². The third kappa shape index (κ3) is 1.35. The molecule has 14 heavy (non-hydrogen) atoms. The van der Waals surface area contributed by atoms with Gasteiger partial charge in [-0.1, -0.05) is 0 Å². The van der Waals surface area contributed by atoms with E-state index in [2.05, 4.69) is 5.10 Å². The first kappa shape index (κ1) is 8.74. The summed E-state index contributed by atoms with van der Waals surface area (Å²) < 4.78 is 6.67. The van der Waals surface area contributed by atoms with Crippen LogP contribution in [0.5, 0.6) is 0 Å². The van der Waals surface area contributed by atoms with Crippen molar-refractivity contribution in [2.75, 3.05) is 0 Å². The van der Waals surface area contributed by atoms with Crippen molar-refractivity contribution >= 4 is 5.78 Å². The second kappa shape index (κ2) is 3.49. The number of aryl methyl sites for hydroxylation is 1. The molecule has 0 aliphatic rings. The van der Waals surface area contributed by atoms with Crippen molar-refractivity contribution in [2.45, 2.75) is 13.5 Å². The average molecular weight is 190 g/mol. The molecule has 2 rings (SSSR count). The Balaban J connectivity index is 2.36. The van der Waals surface area contributed by atoms with Crippen molar-refractivity contribution in [1.29, 1.82) is 0 Å². The number of carbonyl (C=O) groups is 1. The van der Waals surface area contributed by atoms with Crippen LogP contribution in [0.2, 0.25) is 0 Å². The van der Waals surface area contributed by atoms with Crippen molar-refractivity contribution < 1.29 is 9.21 Å². The number of nitrogens with zero attached hydrogens (tertiary/aromatic N) is 2. The first-order chi connectivity index (χ1) is 6.83. The molecule has 0 radical (unpaired) electrons. The summed E-state index contributed by atoms with van der Waals surface area (Å²) in [6, 6.07) is 5.03. The molecule has 2 aromatic heterocycles. The fraction of sp³-hybridized carbons (Fsp3) is 0.200. The van der Waals surface area contributed by atoms with Gasteiger partial charge in [0.05, 0.1) is 6.26 Å². The highest BCUT2D eigenvalue weighted by Gasteiger charge is 2.15. The van der Waals surface area contributed by atoms with E-state index in [-0.39, 0.29) is 5.78 Å². The van der Waals surface area contributed by atoms with Crippen LogP contribution in [-0.2, 0) is 6.54 Å². The highest BCUT2D eigenvalue weighted by Crippen LogP contribution is 2.09. The lowest BCUT2D eigenvalue weighted by Crippen LogP contribution is -2.09. The molecule has 0 atom stereocenters. The Morgan fingerprint density at radius 3 is 3.07 bits per heavy atom. The summed E-state index contributed by atoms with van der Waals surface area (Å²) >= 11 is 0. The molecule has 0 spiro atoms. The van der Waals surface area contributed by atoms with Crippen LogP contribution in [0.1, 0.15) is 23.2 Å². The fourth-order valence-corrected chi connectivity index (χ4v) is 1.31. The van der Waals surface area contributed by atoms with E-state index >= 15 is 0 Å². The van der Waals surface area contributed by atoms with Crippen LogP contribution in [0.25, 0.3) is 0 Å². The highest BCUT2D eigenvalue weighted by atomic mass is 16.3. The van der Waals surface area contributed by atoms with Crippen molar-refractivity contribution in [1.82, 2.24) is 9.78 Å². The lowest BCUT2D eigenvalue weighted by atomic mass is 10.2. The normalized spacial score (nSPS) is 10.4. The predicted octanol–water partition coefficient (Wildman–Crippen LogP) is 1.73. The Hall–Kier alpha value is -1.84. The summed E-state index contributed by atoms with van der Waals surface area (Å²) in [6.45, 7) is 2.61. The SMILES string of the molecule is CCn1nccc1C(=O)c1ccco1. The maximum Gasteiger partial charge on any atom is 0.246 e. The van der Waals surface area contributed by atoms with Crippen LogP contribution in [0.4, 0.5) is 0 Å². The molecule has 4 nitrogen and oxygen atoms in total. The monoisotopic (exact) mass is 190 g/mol. The van der Waals surface area contributed by atoms with Gasteiger partial charge < -0.3 is 4.42 Å². The lowest BCUT2D eigenvalue weighted by Gasteiger charge is -2.00. The third-order valence-corrected chi connectivity index (χ3v) is 1.99. The molecule has 0 unspecified atom stereocenters. The van der Waals surface area contributed by atoms with Crippen LogP contribution in [0, 0.1) is 0 Å². The number of carbonyl (C=O) groups excluding carboxylic acids is 1. The Morgan fingerprint density at radius 2 is 2.43 bits per heavy atom. The van der Waals surface area contributed by atoms with Gasteiger partial charge in [-0.25, -0.2) is 0 Å².